The summed E-state index contributed by atoms with van der Waals surface area (Å²) in [7, 11) is -4.51. The molecule has 0 aliphatic heterocycles. The lowest BCUT2D eigenvalue weighted by Gasteiger charge is -2.23. The summed E-state index contributed by atoms with van der Waals surface area (Å²) in [6, 6.07) is 25.9. The van der Waals surface area contributed by atoms with Crippen LogP contribution in [-0.2, 0) is 19.6 Å². The van der Waals surface area contributed by atoms with E-state index in [0.717, 1.165) is 16.4 Å². The monoisotopic (exact) mass is 621 g/mol. The Labute approximate surface area is 251 Å². The number of halogens is 1. The molecule has 0 aliphatic carbocycles. The summed E-state index contributed by atoms with van der Waals surface area (Å²) < 4.78 is 33.2. The van der Waals surface area contributed by atoms with Crippen LogP contribution in [0.4, 0.5) is 17.1 Å². The van der Waals surface area contributed by atoms with Crippen LogP contribution < -0.4 is 19.8 Å². The molecule has 43 heavy (non-hydrogen) atoms. The minimum atomic E-state index is -4.51. The number of nitrogens with one attached hydrogen (secondary N) is 2. The molecule has 0 heterocycles. The number of hydrogen-bond donors (Lipinski definition) is 2. The van der Waals surface area contributed by atoms with E-state index in [4.69, 9.17) is 16.3 Å². The number of nitro benzene ring substituents is 1. The number of carbonyl (C=O) groups is 2. The van der Waals surface area contributed by atoms with Crippen molar-refractivity contribution in [1.29, 1.82) is 0 Å². The molecule has 4 aromatic rings. The Kier molecular flexibility index (Phi) is 10.0. The number of hydrogen-bond acceptors (Lipinski definition) is 8. The molecule has 0 radical (unpaired) electrons. The zero-order chi connectivity index (χ0) is 30.8. The number of anilines is 2. The van der Waals surface area contributed by atoms with E-state index in [9.17, 15) is 28.1 Å². The first kappa shape index (κ1) is 30.7. The van der Waals surface area contributed by atoms with Gasteiger partial charge < -0.3 is 10.1 Å². The van der Waals surface area contributed by atoms with Crippen LogP contribution in [-0.4, -0.2) is 44.5 Å². The van der Waals surface area contributed by atoms with Crippen LogP contribution in [0.2, 0.25) is 5.02 Å². The Morgan fingerprint density at radius 2 is 1.56 bits per heavy atom. The predicted molar refractivity (Wildman–Crippen MR) is 162 cm³/mol. The number of nitro groups is 1. The molecule has 0 saturated carbocycles. The molecule has 0 aromatic heterocycles. The van der Waals surface area contributed by atoms with Crippen LogP contribution in [0.3, 0.4) is 0 Å². The van der Waals surface area contributed by atoms with Crippen LogP contribution in [0.15, 0.2) is 113 Å². The van der Waals surface area contributed by atoms with Gasteiger partial charge in [0.2, 0.25) is 0 Å². The second-order valence-corrected chi connectivity index (χ2v) is 11.0. The fourth-order valence-corrected chi connectivity index (χ4v) is 5.51. The number of para-hydroxylation sites is 3. The highest BCUT2D eigenvalue weighted by molar-refractivity contribution is 7.93. The summed E-state index contributed by atoms with van der Waals surface area (Å²) in [5.41, 5.74) is 2.83. The van der Waals surface area contributed by atoms with Crippen molar-refractivity contribution in [2.24, 2.45) is 5.10 Å². The van der Waals surface area contributed by atoms with Gasteiger partial charge in [0.15, 0.2) is 11.5 Å². The van der Waals surface area contributed by atoms with Crippen LogP contribution in [0.25, 0.3) is 0 Å². The second-order valence-electron chi connectivity index (χ2n) is 8.75. The SMILES string of the molecule is O=C(CN(c1ccccc1)S(=O)(=O)c1ccccc1[N+](=O)[O-])N/N=C\c1ccc(OCC(=O)Nc2ccccc2Cl)cc1. The number of ether oxygens (including phenoxy) is 1. The van der Waals surface area contributed by atoms with Gasteiger partial charge in [0.25, 0.3) is 27.5 Å². The third kappa shape index (κ3) is 8.15. The highest BCUT2D eigenvalue weighted by atomic mass is 35.5. The van der Waals surface area contributed by atoms with Gasteiger partial charge in [-0.3, -0.25) is 24.0 Å². The highest BCUT2D eigenvalue weighted by Gasteiger charge is 2.33. The van der Waals surface area contributed by atoms with E-state index < -0.39 is 43.9 Å². The average Bonchev–Trinajstić information content (AvgIpc) is 3.01. The number of nitrogens with zero attached hydrogens (tertiary/aromatic N) is 3. The minimum absolute atomic E-state index is 0.135. The zero-order valence-electron chi connectivity index (χ0n) is 22.3. The molecule has 2 amide bonds. The maximum atomic E-state index is 13.5. The molecule has 0 unspecified atom stereocenters. The van der Waals surface area contributed by atoms with E-state index in [1.807, 2.05) is 0 Å². The molecule has 4 aromatic carbocycles. The van der Waals surface area contributed by atoms with Gasteiger partial charge in [-0.2, -0.15) is 5.10 Å². The van der Waals surface area contributed by atoms with E-state index in [1.165, 1.54) is 30.5 Å². The second kappa shape index (κ2) is 14.1. The zero-order valence-corrected chi connectivity index (χ0v) is 23.9. The molecule has 12 nitrogen and oxygen atoms in total. The number of rotatable bonds is 12. The first-order chi connectivity index (χ1) is 20.6. The number of sulfonamides is 1. The molecule has 0 fully saturated rings. The first-order valence-corrected chi connectivity index (χ1v) is 14.4. The Morgan fingerprint density at radius 1 is 0.907 bits per heavy atom. The lowest BCUT2D eigenvalue weighted by Crippen LogP contribution is -2.39. The molecule has 0 atom stereocenters. The number of carbonyl (C=O) groups excluding carboxylic acids is 2. The van der Waals surface area contributed by atoms with E-state index >= 15 is 0 Å². The summed E-state index contributed by atoms with van der Waals surface area (Å²) in [6.07, 6.45) is 1.33. The standard InChI is InChI=1S/C29H24ClN5O7S/c30-24-10-4-5-11-25(24)32-29(37)20-42-23-16-14-21(15-17-23)18-31-33-28(36)19-34(22-8-2-1-3-9-22)43(40,41)27-13-7-6-12-26(27)35(38)39/h1-18H,19-20H2,(H,32,37)(H,33,36)/b31-18-. The molecular formula is C29H24ClN5O7S. The number of hydrazone groups is 1. The topological polar surface area (TPSA) is 160 Å². The van der Waals surface area contributed by atoms with Gasteiger partial charge in [-0.15, -0.1) is 0 Å². The van der Waals surface area contributed by atoms with Crippen molar-refractivity contribution in [3.63, 3.8) is 0 Å². The average molecular weight is 622 g/mol. The van der Waals surface area contributed by atoms with Crippen molar-refractivity contribution in [2.75, 3.05) is 22.8 Å². The molecular weight excluding hydrogens is 598 g/mol. The molecule has 14 heteroatoms. The van der Waals surface area contributed by atoms with Gasteiger partial charge in [-0.1, -0.05) is 54.1 Å². The lowest BCUT2D eigenvalue weighted by molar-refractivity contribution is -0.387. The normalized spacial score (nSPS) is 11.1. The van der Waals surface area contributed by atoms with Crippen molar-refractivity contribution in [1.82, 2.24) is 5.43 Å². The Balaban J connectivity index is 1.37. The fourth-order valence-electron chi connectivity index (χ4n) is 3.75. The third-order valence-electron chi connectivity index (χ3n) is 5.76. The summed E-state index contributed by atoms with van der Waals surface area (Å²) in [5.74, 6) is -0.768. The van der Waals surface area contributed by atoms with Gasteiger partial charge in [0, 0.05) is 6.07 Å². The summed E-state index contributed by atoms with van der Waals surface area (Å²) in [5, 5.41) is 18.4. The van der Waals surface area contributed by atoms with E-state index in [1.54, 1.807) is 66.7 Å². The van der Waals surface area contributed by atoms with Crippen molar-refractivity contribution in [3.8, 4) is 5.75 Å². The predicted octanol–water partition coefficient (Wildman–Crippen LogP) is 4.61. The van der Waals surface area contributed by atoms with Crippen molar-refractivity contribution in [2.45, 2.75) is 4.90 Å². The first-order valence-electron chi connectivity index (χ1n) is 12.6. The number of benzene rings is 4. The molecule has 0 spiro atoms. The lowest BCUT2D eigenvalue weighted by atomic mass is 10.2. The number of amides is 2. The van der Waals surface area contributed by atoms with Crippen LogP contribution in [0.1, 0.15) is 5.56 Å². The maximum Gasteiger partial charge on any atom is 0.289 e. The largest absolute Gasteiger partial charge is 0.484 e. The molecule has 4 rings (SSSR count). The fraction of sp³-hybridized carbons (Fsp3) is 0.0690. The van der Waals surface area contributed by atoms with E-state index in [0.29, 0.717) is 22.0 Å². The van der Waals surface area contributed by atoms with Crippen LogP contribution in [0.5, 0.6) is 5.75 Å². The third-order valence-corrected chi connectivity index (χ3v) is 7.91. The quantitative estimate of drug-likeness (QED) is 0.133. The minimum Gasteiger partial charge on any atom is -0.484 e. The van der Waals surface area contributed by atoms with Crippen molar-refractivity contribution in [3.05, 3.63) is 124 Å². The van der Waals surface area contributed by atoms with Crippen molar-refractivity contribution >= 4 is 56.7 Å². The van der Waals surface area contributed by atoms with Gasteiger partial charge in [0.1, 0.15) is 12.3 Å². The maximum absolute atomic E-state index is 13.5. The Bertz CT molecular complexity index is 1750. The van der Waals surface area contributed by atoms with Crippen molar-refractivity contribution < 1.29 is 27.7 Å². The summed E-state index contributed by atoms with van der Waals surface area (Å²) >= 11 is 6.03. The summed E-state index contributed by atoms with van der Waals surface area (Å²) in [4.78, 5) is 35.0. The highest BCUT2D eigenvalue weighted by Crippen LogP contribution is 2.29. The van der Waals surface area contributed by atoms with Crippen LogP contribution in [0, 0.1) is 10.1 Å². The smallest absolute Gasteiger partial charge is 0.289 e. The molecule has 0 bridgehead atoms. The van der Waals surface area contributed by atoms with Gasteiger partial charge in [-0.25, -0.2) is 13.8 Å². The molecule has 2 N–H and O–H groups in total. The summed E-state index contributed by atoms with van der Waals surface area (Å²) in [6.45, 7) is -0.944. The van der Waals surface area contributed by atoms with Gasteiger partial charge in [0.05, 0.1) is 27.5 Å². The molecule has 0 saturated heterocycles. The van der Waals surface area contributed by atoms with E-state index in [2.05, 4.69) is 15.8 Å². The van der Waals surface area contributed by atoms with Gasteiger partial charge in [-0.05, 0) is 60.2 Å². The molecule has 220 valence electrons. The van der Waals surface area contributed by atoms with Crippen LogP contribution >= 0.6 is 11.6 Å². The van der Waals surface area contributed by atoms with Gasteiger partial charge >= 0.3 is 0 Å². The Hall–Kier alpha value is -5.27. The Morgan fingerprint density at radius 3 is 2.26 bits per heavy atom. The van der Waals surface area contributed by atoms with E-state index in [-0.39, 0.29) is 12.3 Å². The molecule has 0 aliphatic rings.